The van der Waals surface area contributed by atoms with Gasteiger partial charge in [0, 0.05) is 0 Å². The predicted molar refractivity (Wildman–Crippen MR) is 62.8 cm³/mol. The summed E-state index contributed by atoms with van der Waals surface area (Å²) in [5, 5.41) is 0. The summed E-state index contributed by atoms with van der Waals surface area (Å²) in [4.78, 5) is 0. The van der Waals surface area contributed by atoms with Crippen molar-refractivity contribution in [3.8, 4) is 0 Å². The second kappa shape index (κ2) is 4.10. The first-order valence-electron chi connectivity index (χ1n) is 5.10. The van der Waals surface area contributed by atoms with Gasteiger partial charge in [-0.25, -0.2) is 0 Å². The Morgan fingerprint density at radius 3 is 2.00 bits per heavy atom. The molecule has 0 aliphatic carbocycles. The first-order valence-corrected chi connectivity index (χ1v) is 8.68. The minimum absolute atomic E-state index is 0.814. The Hall–Kier alpha value is -0.563. The summed E-state index contributed by atoms with van der Waals surface area (Å²) in [5.41, 5.74) is 2.35. The zero-order chi connectivity index (χ0) is 9.90. The molecule has 0 heterocycles. The highest BCUT2D eigenvalue weighted by Crippen LogP contribution is 2.29. The molecule has 1 rings (SSSR count). The van der Waals surface area contributed by atoms with Crippen LogP contribution >= 0.6 is 0 Å². The van der Waals surface area contributed by atoms with Crippen LogP contribution in [0.3, 0.4) is 0 Å². The van der Waals surface area contributed by atoms with E-state index in [-0.39, 0.29) is 0 Å². The van der Waals surface area contributed by atoms with Crippen LogP contribution in [0.1, 0.15) is 24.4 Å². The Bertz CT molecular complexity index is 246. The molecule has 1 aromatic rings. The third kappa shape index (κ3) is 2.70. The van der Waals surface area contributed by atoms with Crippen molar-refractivity contribution < 1.29 is 0 Å². The van der Waals surface area contributed by atoms with Crippen molar-refractivity contribution in [2.45, 2.75) is 38.5 Å². The van der Waals surface area contributed by atoms with Gasteiger partial charge in [0.25, 0.3) is 0 Å². The Morgan fingerprint density at radius 1 is 1.08 bits per heavy atom. The van der Waals surface area contributed by atoms with Gasteiger partial charge in [0.1, 0.15) is 0 Å². The first-order chi connectivity index (χ1) is 6.05. The molecule has 1 heteroatoms. The standard InChI is InChI=1S/C12H20Si/c1-5-12(13(2,3)4)11-9-7-6-8-10-11/h6-10,12H,5H2,1-4H3/t12-/m0/s1. The highest BCUT2D eigenvalue weighted by atomic mass is 28.3. The molecule has 0 unspecified atom stereocenters. The molecule has 0 nitrogen and oxygen atoms in total. The zero-order valence-corrected chi connectivity index (χ0v) is 10.2. The van der Waals surface area contributed by atoms with Crippen LogP contribution in [0.4, 0.5) is 0 Å². The molecule has 0 aliphatic rings. The van der Waals surface area contributed by atoms with Crippen molar-refractivity contribution in [1.82, 2.24) is 0 Å². The fraction of sp³-hybridized carbons (Fsp3) is 0.500. The third-order valence-electron chi connectivity index (χ3n) is 2.66. The summed E-state index contributed by atoms with van der Waals surface area (Å²) in [5.74, 6) is 0. The van der Waals surface area contributed by atoms with Crippen LogP contribution in [0.25, 0.3) is 0 Å². The molecule has 0 aromatic heterocycles. The largest absolute Gasteiger partial charge is 0.0691 e. The summed E-state index contributed by atoms with van der Waals surface area (Å²) in [7, 11) is -1.03. The van der Waals surface area contributed by atoms with Crippen molar-refractivity contribution >= 4 is 8.07 Å². The second-order valence-corrected chi connectivity index (χ2v) is 10.2. The molecular formula is C12H20Si. The molecule has 0 saturated heterocycles. The SMILES string of the molecule is CC[C@@H](c1ccccc1)[Si](C)(C)C. The molecule has 0 N–H and O–H groups in total. The molecule has 1 aromatic carbocycles. The lowest BCUT2D eigenvalue weighted by Gasteiger charge is -2.28. The summed E-state index contributed by atoms with van der Waals surface area (Å²) in [6, 6.07) is 10.9. The smallest absolute Gasteiger partial charge is 0.0521 e. The van der Waals surface area contributed by atoms with Gasteiger partial charge in [0.2, 0.25) is 0 Å². The number of hydrogen-bond donors (Lipinski definition) is 0. The van der Waals surface area contributed by atoms with Gasteiger partial charge in [-0.15, -0.1) is 0 Å². The van der Waals surface area contributed by atoms with E-state index in [1.54, 1.807) is 0 Å². The van der Waals surface area contributed by atoms with E-state index in [0.29, 0.717) is 0 Å². The Kier molecular flexibility index (Phi) is 3.31. The van der Waals surface area contributed by atoms with Gasteiger partial charge in [-0.05, 0) is 11.1 Å². The average Bonchev–Trinajstić information content (AvgIpc) is 2.05. The summed E-state index contributed by atoms with van der Waals surface area (Å²) in [6.07, 6.45) is 1.28. The molecule has 0 bridgehead atoms. The van der Waals surface area contributed by atoms with Crippen LogP contribution < -0.4 is 0 Å². The molecule has 0 saturated carbocycles. The summed E-state index contributed by atoms with van der Waals surface area (Å²) < 4.78 is 0. The number of hydrogen-bond acceptors (Lipinski definition) is 0. The molecule has 0 spiro atoms. The maximum Gasteiger partial charge on any atom is 0.0521 e. The van der Waals surface area contributed by atoms with E-state index < -0.39 is 8.07 Å². The van der Waals surface area contributed by atoms with E-state index in [9.17, 15) is 0 Å². The van der Waals surface area contributed by atoms with Crippen LogP contribution in [0.2, 0.25) is 19.6 Å². The Balaban J connectivity index is 2.92. The van der Waals surface area contributed by atoms with Gasteiger partial charge >= 0.3 is 0 Å². The van der Waals surface area contributed by atoms with Gasteiger partial charge < -0.3 is 0 Å². The van der Waals surface area contributed by atoms with Crippen LogP contribution in [-0.4, -0.2) is 8.07 Å². The molecule has 1 atom stereocenters. The minimum atomic E-state index is -1.03. The summed E-state index contributed by atoms with van der Waals surface area (Å²) in [6.45, 7) is 9.66. The number of benzene rings is 1. The molecule has 0 aliphatic heterocycles. The molecule has 72 valence electrons. The Morgan fingerprint density at radius 2 is 1.62 bits per heavy atom. The van der Waals surface area contributed by atoms with E-state index >= 15 is 0 Å². The van der Waals surface area contributed by atoms with Gasteiger partial charge in [0.05, 0.1) is 8.07 Å². The van der Waals surface area contributed by atoms with Crippen molar-refractivity contribution in [2.75, 3.05) is 0 Å². The van der Waals surface area contributed by atoms with Crippen molar-refractivity contribution in [1.29, 1.82) is 0 Å². The van der Waals surface area contributed by atoms with E-state index in [2.05, 4.69) is 56.9 Å². The van der Waals surface area contributed by atoms with E-state index in [4.69, 9.17) is 0 Å². The van der Waals surface area contributed by atoms with Gasteiger partial charge in [-0.1, -0.05) is 63.3 Å². The van der Waals surface area contributed by atoms with Crippen molar-refractivity contribution in [2.24, 2.45) is 0 Å². The quantitative estimate of drug-likeness (QED) is 0.634. The Labute approximate surface area is 83.0 Å². The fourth-order valence-corrected chi connectivity index (χ4v) is 4.45. The minimum Gasteiger partial charge on any atom is -0.0691 e. The topological polar surface area (TPSA) is 0 Å². The lowest BCUT2D eigenvalue weighted by Crippen LogP contribution is -2.30. The van der Waals surface area contributed by atoms with Gasteiger partial charge in [-0.2, -0.15) is 0 Å². The van der Waals surface area contributed by atoms with Crippen LogP contribution in [0.5, 0.6) is 0 Å². The van der Waals surface area contributed by atoms with Crippen LogP contribution in [0, 0.1) is 0 Å². The number of rotatable bonds is 3. The molecular weight excluding hydrogens is 172 g/mol. The normalized spacial score (nSPS) is 14.2. The molecule has 13 heavy (non-hydrogen) atoms. The van der Waals surface area contributed by atoms with Gasteiger partial charge in [-0.3, -0.25) is 0 Å². The van der Waals surface area contributed by atoms with Crippen LogP contribution in [-0.2, 0) is 0 Å². The highest BCUT2D eigenvalue weighted by Gasteiger charge is 2.25. The zero-order valence-electron chi connectivity index (χ0n) is 9.17. The van der Waals surface area contributed by atoms with Crippen molar-refractivity contribution in [3.05, 3.63) is 35.9 Å². The monoisotopic (exact) mass is 192 g/mol. The first kappa shape index (κ1) is 10.5. The molecule has 0 amide bonds. The van der Waals surface area contributed by atoms with Gasteiger partial charge in [0.15, 0.2) is 0 Å². The fourth-order valence-electron chi connectivity index (χ4n) is 2.03. The van der Waals surface area contributed by atoms with Crippen molar-refractivity contribution in [3.63, 3.8) is 0 Å². The van der Waals surface area contributed by atoms with E-state index in [1.165, 1.54) is 12.0 Å². The predicted octanol–water partition coefficient (Wildman–Crippen LogP) is 4.06. The molecule has 0 radical (unpaired) electrons. The molecule has 0 fully saturated rings. The van der Waals surface area contributed by atoms with E-state index in [0.717, 1.165) is 5.54 Å². The maximum absolute atomic E-state index is 2.45. The third-order valence-corrected chi connectivity index (χ3v) is 5.49. The second-order valence-electron chi connectivity index (χ2n) is 4.74. The van der Waals surface area contributed by atoms with E-state index in [1.807, 2.05) is 0 Å². The lowest BCUT2D eigenvalue weighted by atomic mass is 10.1. The lowest BCUT2D eigenvalue weighted by molar-refractivity contribution is 0.845. The maximum atomic E-state index is 2.45. The highest BCUT2D eigenvalue weighted by molar-refractivity contribution is 6.77. The van der Waals surface area contributed by atoms with Crippen LogP contribution in [0.15, 0.2) is 30.3 Å². The summed E-state index contributed by atoms with van der Waals surface area (Å²) >= 11 is 0. The average molecular weight is 192 g/mol.